The molecule has 18 heavy (non-hydrogen) atoms. The molecule has 2 rings (SSSR count). The van der Waals surface area contributed by atoms with Crippen LogP contribution in [0.5, 0.6) is 0 Å². The van der Waals surface area contributed by atoms with Gasteiger partial charge in [-0.1, -0.05) is 0 Å². The monoisotopic (exact) mass is 250 g/mol. The number of methoxy groups -OCH3 is 1. The van der Waals surface area contributed by atoms with Gasteiger partial charge in [-0.15, -0.1) is 0 Å². The average Bonchev–Trinajstić information content (AvgIpc) is 2.41. The third-order valence-electron chi connectivity index (χ3n) is 2.29. The molecule has 0 amide bonds. The summed E-state index contributed by atoms with van der Waals surface area (Å²) in [5, 5.41) is 0. The zero-order valence-electron chi connectivity index (χ0n) is 9.35. The second-order valence-electron chi connectivity index (χ2n) is 3.35. The van der Waals surface area contributed by atoms with Crippen molar-refractivity contribution in [3.05, 3.63) is 47.8 Å². The highest BCUT2D eigenvalue weighted by atomic mass is 19.2. The predicted molar refractivity (Wildman–Crippen MR) is 58.7 cm³/mol. The van der Waals surface area contributed by atoms with E-state index in [4.69, 9.17) is 0 Å². The number of hydrogen-bond acceptors (Lipinski definition) is 4. The molecule has 0 saturated heterocycles. The molecule has 0 N–H and O–H groups in total. The molecule has 0 atom stereocenters. The van der Waals surface area contributed by atoms with Crippen LogP contribution in [0.25, 0.3) is 11.4 Å². The number of benzene rings is 1. The summed E-state index contributed by atoms with van der Waals surface area (Å²) in [6, 6.07) is 3.52. The van der Waals surface area contributed by atoms with Gasteiger partial charge in [0.1, 0.15) is 0 Å². The van der Waals surface area contributed by atoms with Crippen molar-refractivity contribution < 1.29 is 18.3 Å². The molecule has 0 aliphatic rings. The van der Waals surface area contributed by atoms with Crippen molar-refractivity contribution in [3.63, 3.8) is 0 Å². The van der Waals surface area contributed by atoms with Gasteiger partial charge in [-0.3, -0.25) is 0 Å². The number of carbonyl (C=O) groups excluding carboxylic acids is 1. The van der Waals surface area contributed by atoms with Crippen molar-refractivity contribution in [2.24, 2.45) is 0 Å². The summed E-state index contributed by atoms with van der Waals surface area (Å²) in [6.07, 6.45) is 2.74. The Bertz CT molecular complexity index is 588. The number of ether oxygens (including phenoxy) is 1. The van der Waals surface area contributed by atoms with Crippen molar-refractivity contribution >= 4 is 5.97 Å². The Morgan fingerprint density at radius 1 is 1.22 bits per heavy atom. The summed E-state index contributed by atoms with van der Waals surface area (Å²) >= 11 is 0. The molecular weight excluding hydrogens is 242 g/mol. The quantitative estimate of drug-likeness (QED) is 0.767. The first-order chi connectivity index (χ1) is 8.65. The molecule has 2 aromatic rings. The van der Waals surface area contributed by atoms with Crippen molar-refractivity contribution in [1.82, 2.24) is 9.97 Å². The van der Waals surface area contributed by atoms with Crippen LogP contribution in [-0.2, 0) is 4.74 Å². The number of esters is 1. The summed E-state index contributed by atoms with van der Waals surface area (Å²) in [7, 11) is 1.15. The van der Waals surface area contributed by atoms with Crippen LogP contribution in [0.2, 0.25) is 0 Å². The summed E-state index contributed by atoms with van der Waals surface area (Å²) in [4.78, 5) is 19.1. The zero-order chi connectivity index (χ0) is 13.1. The van der Waals surface area contributed by atoms with Gasteiger partial charge in [0, 0.05) is 12.4 Å². The van der Waals surface area contributed by atoms with Gasteiger partial charge in [0.25, 0.3) is 0 Å². The Balaban J connectivity index is 2.70. The molecule has 0 spiro atoms. The fourth-order valence-electron chi connectivity index (χ4n) is 1.48. The van der Waals surface area contributed by atoms with Crippen LogP contribution in [0, 0.1) is 11.6 Å². The van der Waals surface area contributed by atoms with Gasteiger partial charge in [0.2, 0.25) is 0 Å². The Morgan fingerprint density at radius 3 is 2.50 bits per heavy atom. The van der Waals surface area contributed by atoms with Crippen LogP contribution in [0.1, 0.15) is 10.4 Å². The second-order valence-corrected chi connectivity index (χ2v) is 3.35. The summed E-state index contributed by atoms with van der Waals surface area (Å²) < 4.78 is 31.5. The first kappa shape index (κ1) is 12.1. The molecular formula is C12H8F2N2O2. The molecule has 1 aromatic heterocycles. The fraction of sp³-hybridized carbons (Fsp3) is 0.0833. The van der Waals surface area contributed by atoms with E-state index >= 15 is 0 Å². The van der Waals surface area contributed by atoms with Gasteiger partial charge in [-0.05, 0) is 18.2 Å². The van der Waals surface area contributed by atoms with Gasteiger partial charge in [0.05, 0.1) is 18.2 Å². The van der Waals surface area contributed by atoms with E-state index in [-0.39, 0.29) is 17.0 Å². The number of hydrogen-bond donors (Lipinski definition) is 0. The van der Waals surface area contributed by atoms with E-state index in [2.05, 4.69) is 14.7 Å². The second kappa shape index (κ2) is 4.87. The molecule has 0 bridgehead atoms. The molecule has 0 aliphatic carbocycles. The molecule has 0 fully saturated rings. The van der Waals surface area contributed by atoms with Crippen LogP contribution in [-0.4, -0.2) is 23.0 Å². The predicted octanol–water partition coefficient (Wildman–Crippen LogP) is 2.21. The van der Waals surface area contributed by atoms with Crippen LogP contribution in [0.4, 0.5) is 8.78 Å². The van der Waals surface area contributed by atoms with Gasteiger partial charge in [0.15, 0.2) is 17.5 Å². The maximum absolute atomic E-state index is 13.8. The lowest BCUT2D eigenvalue weighted by atomic mass is 10.1. The third kappa shape index (κ3) is 2.04. The number of nitrogens with zero attached hydrogens (tertiary/aromatic N) is 2. The number of halogens is 2. The van der Waals surface area contributed by atoms with Crippen LogP contribution in [0.15, 0.2) is 30.6 Å². The first-order valence-corrected chi connectivity index (χ1v) is 4.99. The highest BCUT2D eigenvalue weighted by Crippen LogP contribution is 2.26. The van der Waals surface area contributed by atoms with Crippen LogP contribution in [0.3, 0.4) is 0 Å². The average molecular weight is 250 g/mol. The largest absolute Gasteiger partial charge is 0.465 e. The van der Waals surface area contributed by atoms with E-state index < -0.39 is 17.6 Å². The lowest BCUT2D eigenvalue weighted by molar-refractivity contribution is 0.0601. The minimum Gasteiger partial charge on any atom is -0.465 e. The van der Waals surface area contributed by atoms with Crippen molar-refractivity contribution in [1.29, 1.82) is 0 Å². The third-order valence-corrected chi connectivity index (χ3v) is 2.29. The van der Waals surface area contributed by atoms with Crippen molar-refractivity contribution in [2.75, 3.05) is 7.11 Å². The van der Waals surface area contributed by atoms with E-state index in [1.54, 1.807) is 0 Å². The molecule has 1 aromatic carbocycles. The Kier molecular flexibility index (Phi) is 3.27. The SMILES string of the molecule is COC(=O)c1ccc(F)c(F)c1-c1ncccn1. The Hall–Kier alpha value is -2.37. The lowest BCUT2D eigenvalue weighted by Crippen LogP contribution is -2.07. The maximum Gasteiger partial charge on any atom is 0.338 e. The topological polar surface area (TPSA) is 52.1 Å². The van der Waals surface area contributed by atoms with E-state index in [9.17, 15) is 13.6 Å². The smallest absolute Gasteiger partial charge is 0.338 e. The Labute approximate surface area is 101 Å². The summed E-state index contributed by atoms with van der Waals surface area (Å²) in [5.41, 5.74) is -0.426. The molecule has 0 unspecified atom stereocenters. The van der Waals surface area contributed by atoms with Crippen LogP contribution >= 0.6 is 0 Å². The fourth-order valence-corrected chi connectivity index (χ4v) is 1.48. The normalized spacial score (nSPS) is 10.2. The van der Waals surface area contributed by atoms with Gasteiger partial charge < -0.3 is 4.74 Å². The molecule has 0 radical (unpaired) electrons. The van der Waals surface area contributed by atoms with Gasteiger partial charge in [-0.2, -0.15) is 0 Å². The highest BCUT2D eigenvalue weighted by molar-refractivity contribution is 5.96. The van der Waals surface area contributed by atoms with Gasteiger partial charge in [-0.25, -0.2) is 23.5 Å². The standard InChI is InChI=1S/C12H8F2N2O2/c1-18-12(17)7-3-4-8(13)10(14)9(7)11-15-5-2-6-16-11/h2-6H,1H3. The highest BCUT2D eigenvalue weighted by Gasteiger charge is 2.22. The van der Waals surface area contributed by atoms with Gasteiger partial charge >= 0.3 is 5.97 Å². The van der Waals surface area contributed by atoms with Crippen LogP contribution < -0.4 is 0 Å². The van der Waals surface area contributed by atoms with E-state index in [1.165, 1.54) is 18.5 Å². The number of aromatic nitrogens is 2. The first-order valence-electron chi connectivity index (χ1n) is 4.99. The van der Waals surface area contributed by atoms with E-state index in [1.807, 2.05) is 0 Å². The molecule has 1 heterocycles. The Morgan fingerprint density at radius 2 is 1.89 bits per heavy atom. The number of carbonyl (C=O) groups is 1. The summed E-state index contributed by atoms with van der Waals surface area (Å²) in [5.74, 6) is -3.11. The molecule has 92 valence electrons. The molecule has 6 heteroatoms. The molecule has 4 nitrogen and oxygen atoms in total. The maximum atomic E-state index is 13.8. The summed E-state index contributed by atoms with van der Waals surface area (Å²) in [6.45, 7) is 0. The van der Waals surface area contributed by atoms with E-state index in [0.717, 1.165) is 19.2 Å². The zero-order valence-corrected chi connectivity index (χ0v) is 9.35. The molecule has 0 aliphatic heterocycles. The lowest BCUT2D eigenvalue weighted by Gasteiger charge is -2.08. The van der Waals surface area contributed by atoms with Crippen molar-refractivity contribution in [2.45, 2.75) is 0 Å². The number of rotatable bonds is 2. The van der Waals surface area contributed by atoms with E-state index in [0.29, 0.717) is 0 Å². The van der Waals surface area contributed by atoms with Crippen molar-refractivity contribution in [3.8, 4) is 11.4 Å². The minimum atomic E-state index is -1.18. The molecule has 0 saturated carbocycles. The minimum absolute atomic E-state index is 0.0742.